The van der Waals surface area contributed by atoms with E-state index in [4.69, 9.17) is 4.74 Å². The molecule has 0 aromatic heterocycles. The lowest BCUT2D eigenvalue weighted by Crippen LogP contribution is -2.38. The molecule has 0 saturated heterocycles. The number of amides is 1. The third kappa shape index (κ3) is 5.71. The first kappa shape index (κ1) is 25.1. The summed E-state index contributed by atoms with van der Waals surface area (Å²) in [6, 6.07) is 24.9. The molecule has 3 aromatic rings. The molecule has 0 N–H and O–H groups in total. The molecule has 0 radical (unpaired) electrons. The van der Waals surface area contributed by atoms with Crippen LogP contribution in [-0.4, -0.2) is 26.0 Å². The van der Waals surface area contributed by atoms with E-state index in [2.05, 4.69) is 53.4 Å². The highest BCUT2D eigenvalue weighted by atomic mass is 16.5. The number of anilines is 2. The first-order chi connectivity index (χ1) is 17.9. The van der Waals surface area contributed by atoms with Crippen LogP contribution < -0.4 is 9.80 Å². The van der Waals surface area contributed by atoms with Gasteiger partial charge in [0.15, 0.2) is 0 Å². The standard InChI is InChI=1S/C32H36N2O3/c1-22(35)37-21-25-5-4-6-30(18-25)34(32(36)31-19-24-9-12-28(31)17-24)20-23-7-10-26(11-8-23)27-13-15-29(16-14-27)33(2)3/h4-8,10-11,13-16,18,24,28,31H,9,12,17,19-21H2,1-3H3. The lowest BCUT2D eigenvalue weighted by atomic mass is 9.87. The number of rotatable bonds is 8. The zero-order valence-corrected chi connectivity index (χ0v) is 22.0. The summed E-state index contributed by atoms with van der Waals surface area (Å²) in [6.45, 7) is 2.14. The summed E-state index contributed by atoms with van der Waals surface area (Å²) < 4.78 is 5.21. The van der Waals surface area contributed by atoms with Gasteiger partial charge in [0, 0.05) is 38.3 Å². The summed E-state index contributed by atoms with van der Waals surface area (Å²) in [6.07, 6.45) is 4.64. The van der Waals surface area contributed by atoms with Gasteiger partial charge in [-0.2, -0.15) is 0 Å². The second kappa shape index (κ2) is 10.8. The zero-order chi connectivity index (χ0) is 25.9. The quantitative estimate of drug-likeness (QED) is 0.336. The van der Waals surface area contributed by atoms with E-state index in [-0.39, 0.29) is 24.4 Å². The first-order valence-electron chi connectivity index (χ1n) is 13.3. The Bertz CT molecular complexity index is 1250. The largest absolute Gasteiger partial charge is 0.461 e. The monoisotopic (exact) mass is 496 g/mol. The van der Waals surface area contributed by atoms with Crippen molar-refractivity contribution < 1.29 is 14.3 Å². The summed E-state index contributed by atoms with van der Waals surface area (Å²) in [5, 5.41) is 0. The van der Waals surface area contributed by atoms with Gasteiger partial charge in [-0.1, -0.05) is 55.0 Å². The maximum absolute atomic E-state index is 13.9. The predicted molar refractivity (Wildman–Crippen MR) is 148 cm³/mol. The molecule has 5 heteroatoms. The highest BCUT2D eigenvalue weighted by Crippen LogP contribution is 2.49. The fraction of sp³-hybridized carbons (Fsp3) is 0.375. The average Bonchev–Trinajstić information content (AvgIpc) is 3.55. The van der Waals surface area contributed by atoms with Gasteiger partial charge in [0.05, 0.1) is 6.54 Å². The van der Waals surface area contributed by atoms with E-state index in [0.717, 1.165) is 28.8 Å². The number of carbonyl (C=O) groups is 2. The number of ether oxygens (including phenoxy) is 1. The van der Waals surface area contributed by atoms with Crippen LogP contribution in [0.4, 0.5) is 11.4 Å². The first-order valence-corrected chi connectivity index (χ1v) is 13.3. The Kier molecular flexibility index (Phi) is 7.31. The van der Waals surface area contributed by atoms with Crippen molar-refractivity contribution in [3.8, 4) is 11.1 Å². The van der Waals surface area contributed by atoms with Gasteiger partial charge in [-0.25, -0.2) is 0 Å². The van der Waals surface area contributed by atoms with E-state index in [1.165, 1.54) is 37.4 Å². The van der Waals surface area contributed by atoms with Crippen molar-refractivity contribution in [2.24, 2.45) is 17.8 Å². The van der Waals surface area contributed by atoms with E-state index in [1.54, 1.807) is 0 Å². The molecular formula is C32H36N2O3. The third-order valence-electron chi connectivity index (χ3n) is 8.00. The van der Waals surface area contributed by atoms with E-state index in [9.17, 15) is 9.59 Å². The lowest BCUT2D eigenvalue weighted by molar-refractivity contribution is -0.142. The van der Waals surface area contributed by atoms with E-state index >= 15 is 0 Å². The molecule has 0 spiro atoms. The molecule has 192 valence electrons. The number of hydrogen-bond acceptors (Lipinski definition) is 4. The molecule has 3 aromatic carbocycles. The molecule has 3 unspecified atom stereocenters. The Labute approximate surface area is 220 Å². The SMILES string of the molecule is CC(=O)OCc1cccc(N(Cc2ccc(-c3ccc(N(C)C)cc3)cc2)C(=O)C2CC3CCC2C3)c1. The second-order valence-electron chi connectivity index (χ2n) is 10.8. The number of nitrogens with zero attached hydrogens (tertiary/aromatic N) is 2. The Morgan fingerprint density at radius 1 is 0.838 bits per heavy atom. The van der Waals surface area contributed by atoms with Crippen molar-refractivity contribution in [1.29, 1.82) is 0 Å². The highest BCUT2D eigenvalue weighted by Gasteiger charge is 2.44. The third-order valence-corrected chi connectivity index (χ3v) is 8.00. The lowest BCUT2D eigenvalue weighted by Gasteiger charge is -2.30. The van der Waals surface area contributed by atoms with E-state index in [0.29, 0.717) is 18.4 Å². The van der Waals surface area contributed by atoms with Crippen molar-refractivity contribution in [3.05, 3.63) is 83.9 Å². The van der Waals surface area contributed by atoms with Crippen LogP contribution in [0.25, 0.3) is 11.1 Å². The van der Waals surface area contributed by atoms with Crippen LogP contribution in [0.2, 0.25) is 0 Å². The molecule has 5 rings (SSSR count). The predicted octanol–water partition coefficient (Wildman–Crippen LogP) is 6.45. The van der Waals surface area contributed by atoms with Crippen molar-refractivity contribution in [2.45, 2.75) is 45.8 Å². The van der Waals surface area contributed by atoms with Gasteiger partial charge in [-0.3, -0.25) is 9.59 Å². The second-order valence-corrected chi connectivity index (χ2v) is 10.8. The van der Waals surface area contributed by atoms with Crippen LogP contribution in [0.5, 0.6) is 0 Å². The van der Waals surface area contributed by atoms with Gasteiger partial charge in [-0.05, 0) is 77.6 Å². The minimum absolute atomic E-state index is 0.102. The van der Waals surface area contributed by atoms with Gasteiger partial charge < -0.3 is 14.5 Å². The van der Waals surface area contributed by atoms with Gasteiger partial charge in [0.25, 0.3) is 0 Å². The number of esters is 1. The number of fused-ring (bicyclic) bond motifs is 2. The number of carbonyl (C=O) groups excluding carboxylic acids is 2. The molecule has 2 bridgehead atoms. The van der Waals surface area contributed by atoms with Gasteiger partial charge in [0.2, 0.25) is 5.91 Å². The van der Waals surface area contributed by atoms with Crippen molar-refractivity contribution in [1.82, 2.24) is 0 Å². The molecular weight excluding hydrogens is 460 g/mol. The molecule has 0 heterocycles. The molecule has 1 amide bonds. The topological polar surface area (TPSA) is 49.9 Å². The summed E-state index contributed by atoms with van der Waals surface area (Å²) in [4.78, 5) is 29.3. The van der Waals surface area contributed by atoms with Crippen LogP contribution in [0.1, 0.15) is 43.7 Å². The Hall–Kier alpha value is -3.60. The number of benzene rings is 3. The van der Waals surface area contributed by atoms with Crippen molar-refractivity contribution >= 4 is 23.3 Å². The van der Waals surface area contributed by atoms with Gasteiger partial charge in [0.1, 0.15) is 6.61 Å². The smallest absolute Gasteiger partial charge is 0.302 e. The Balaban J connectivity index is 1.38. The fourth-order valence-electron chi connectivity index (χ4n) is 5.98. The molecule has 2 aliphatic carbocycles. The maximum Gasteiger partial charge on any atom is 0.302 e. The minimum Gasteiger partial charge on any atom is -0.461 e. The van der Waals surface area contributed by atoms with E-state index < -0.39 is 0 Å². The molecule has 3 atom stereocenters. The van der Waals surface area contributed by atoms with E-state index in [1.807, 2.05) is 43.3 Å². The van der Waals surface area contributed by atoms with Gasteiger partial charge >= 0.3 is 5.97 Å². The summed E-state index contributed by atoms with van der Waals surface area (Å²) >= 11 is 0. The van der Waals surface area contributed by atoms with Crippen LogP contribution in [-0.2, 0) is 27.5 Å². The normalized spacial score (nSPS) is 20.0. The Morgan fingerprint density at radius 3 is 2.14 bits per heavy atom. The maximum atomic E-state index is 13.9. The van der Waals surface area contributed by atoms with Crippen LogP contribution in [0.15, 0.2) is 72.8 Å². The molecule has 0 aliphatic heterocycles. The molecule has 2 aliphatic rings. The van der Waals surface area contributed by atoms with Gasteiger partial charge in [-0.15, -0.1) is 0 Å². The van der Waals surface area contributed by atoms with Crippen LogP contribution in [0.3, 0.4) is 0 Å². The van der Waals surface area contributed by atoms with Crippen LogP contribution >= 0.6 is 0 Å². The molecule has 37 heavy (non-hydrogen) atoms. The average molecular weight is 497 g/mol. The van der Waals surface area contributed by atoms with Crippen molar-refractivity contribution in [2.75, 3.05) is 23.9 Å². The zero-order valence-electron chi connectivity index (χ0n) is 22.0. The van der Waals surface area contributed by atoms with Crippen LogP contribution in [0, 0.1) is 17.8 Å². The fourth-order valence-corrected chi connectivity index (χ4v) is 5.98. The highest BCUT2D eigenvalue weighted by molar-refractivity contribution is 5.95. The molecule has 2 fully saturated rings. The summed E-state index contributed by atoms with van der Waals surface area (Å²) in [7, 11) is 4.08. The molecule has 5 nitrogen and oxygen atoms in total. The number of hydrogen-bond donors (Lipinski definition) is 0. The summed E-state index contributed by atoms with van der Waals surface area (Å²) in [5.74, 6) is 1.23. The summed E-state index contributed by atoms with van der Waals surface area (Å²) in [5.41, 5.74) is 6.34. The van der Waals surface area contributed by atoms with Crippen molar-refractivity contribution in [3.63, 3.8) is 0 Å². The Morgan fingerprint density at radius 2 is 1.54 bits per heavy atom. The minimum atomic E-state index is -0.309. The molecule has 2 saturated carbocycles.